The van der Waals surface area contributed by atoms with E-state index in [-0.39, 0.29) is 17.4 Å². The van der Waals surface area contributed by atoms with E-state index in [1.165, 1.54) is 4.68 Å². The third-order valence-corrected chi connectivity index (χ3v) is 7.56. The molecule has 4 aromatic rings. The summed E-state index contributed by atoms with van der Waals surface area (Å²) in [5.74, 6) is 0.377. The Morgan fingerprint density at radius 3 is 2.50 bits per heavy atom. The second kappa shape index (κ2) is 12.3. The number of amides is 1. The lowest BCUT2D eigenvalue weighted by molar-refractivity contribution is -0.117. The first-order valence-corrected chi connectivity index (χ1v) is 14.3. The molecule has 3 N–H and O–H groups in total. The SMILES string of the molecule is CC(C)c1nn(-c2c(Cl)cc(Cl)cc2Cl)c2nc(Cc3ccc(NC(=O)CN4CCCNCC4)cc3)[nH]c(=O)c12. The average Bonchev–Trinajstić information content (AvgIpc) is 3.07. The van der Waals surface area contributed by atoms with Crippen LogP contribution in [0, 0.1) is 0 Å². The van der Waals surface area contributed by atoms with Crippen molar-refractivity contribution in [2.24, 2.45) is 0 Å². The number of fused-ring (bicyclic) bond motifs is 1. The van der Waals surface area contributed by atoms with Gasteiger partial charge in [-0.25, -0.2) is 9.67 Å². The number of carbonyl (C=O) groups is 1. The Kier molecular flexibility index (Phi) is 8.77. The summed E-state index contributed by atoms with van der Waals surface area (Å²) in [4.78, 5) is 35.6. The average molecular weight is 603 g/mol. The van der Waals surface area contributed by atoms with Crippen molar-refractivity contribution in [2.45, 2.75) is 32.6 Å². The minimum absolute atomic E-state index is 0.0406. The van der Waals surface area contributed by atoms with E-state index in [0.717, 1.165) is 38.2 Å². The predicted molar refractivity (Wildman–Crippen MR) is 160 cm³/mol. The van der Waals surface area contributed by atoms with Crippen LogP contribution in [0.15, 0.2) is 41.2 Å². The molecule has 5 rings (SSSR count). The molecular formula is C28H30Cl3N7O2. The van der Waals surface area contributed by atoms with Crippen molar-refractivity contribution in [3.05, 3.63) is 78.9 Å². The van der Waals surface area contributed by atoms with Gasteiger partial charge >= 0.3 is 0 Å². The summed E-state index contributed by atoms with van der Waals surface area (Å²) in [6.45, 7) is 7.91. The van der Waals surface area contributed by atoms with Gasteiger partial charge in [0.25, 0.3) is 5.56 Å². The van der Waals surface area contributed by atoms with E-state index in [2.05, 4.69) is 25.6 Å². The second-order valence-electron chi connectivity index (χ2n) is 10.2. The Hall–Kier alpha value is -2.95. The predicted octanol–water partition coefficient (Wildman–Crippen LogP) is 5.02. The number of nitrogens with zero attached hydrogens (tertiary/aromatic N) is 4. The maximum absolute atomic E-state index is 13.3. The van der Waals surface area contributed by atoms with Gasteiger partial charge in [0.2, 0.25) is 5.91 Å². The molecule has 0 unspecified atom stereocenters. The summed E-state index contributed by atoms with van der Waals surface area (Å²) >= 11 is 19.1. The van der Waals surface area contributed by atoms with Crippen molar-refractivity contribution in [1.29, 1.82) is 0 Å². The van der Waals surface area contributed by atoms with Crippen molar-refractivity contribution in [2.75, 3.05) is 38.0 Å². The summed E-state index contributed by atoms with van der Waals surface area (Å²) in [5, 5.41) is 12.4. The minimum Gasteiger partial charge on any atom is -0.325 e. The van der Waals surface area contributed by atoms with Crippen LogP contribution in [-0.2, 0) is 11.2 Å². The number of H-pyrrole nitrogens is 1. The number of anilines is 1. The highest BCUT2D eigenvalue weighted by Crippen LogP contribution is 2.34. The molecule has 9 nitrogen and oxygen atoms in total. The van der Waals surface area contributed by atoms with Crippen LogP contribution < -0.4 is 16.2 Å². The molecule has 12 heteroatoms. The van der Waals surface area contributed by atoms with Gasteiger partial charge in [-0.1, -0.05) is 60.8 Å². The van der Waals surface area contributed by atoms with Crippen LogP contribution in [0.5, 0.6) is 0 Å². The van der Waals surface area contributed by atoms with Crippen LogP contribution in [0.25, 0.3) is 16.7 Å². The van der Waals surface area contributed by atoms with Gasteiger partial charge in [0, 0.05) is 30.2 Å². The van der Waals surface area contributed by atoms with Gasteiger partial charge in [-0.05, 0) is 55.3 Å². The van der Waals surface area contributed by atoms with Gasteiger partial charge < -0.3 is 15.6 Å². The Balaban J connectivity index is 1.39. The van der Waals surface area contributed by atoms with E-state index in [9.17, 15) is 9.59 Å². The van der Waals surface area contributed by atoms with E-state index < -0.39 is 0 Å². The van der Waals surface area contributed by atoms with Gasteiger partial charge in [-0.3, -0.25) is 14.5 Å². The van der Waals surface area contributed by atoms with E-state index in [4.69, 9.17) is 39.8 Å². The van der Waals surface area contributed by atoms with Crippen LogP contribution in [0.3, 0.4) is 0 Å². The van der Waals surface area contributed by atoms with E-state index in [0.29, 0.717) is 62.0 Å². The molecule has 0 spiro atoms. The van der Waals surface area contributed by atoms with E-state index >= 15 is 0 Å². The monoisotopic (exact) mass is 601 g/mol. The Labute approximate surface area is 246 Å². The van der Waals surface area contributed by atoms with Crippen molar-refractivity contribution in [1.82, 2.24) is 30.0 Å². The summed E-state index contributed by atoms with van der Waals surface area (Å²) in [5.41, 5.74) is 2.70. The molecule has 0 atom stereocenters. The molecule has 0 saturated carbocycles. The first-order valence-electron chi connectivity index (χ1n) is 13.2. The van der Waals surface area contributed by atoms with Gasteiger partial charge in [0.05, 0.1) is 22.3 Å². The second-order valence-corrected chi connectivity index (χ2v) is 11.4. The van der Waals surface area contributed by atoms with E-state index in [1.54, 1.807) is 12.1 Å². The van der Waals surface area contributed by atoms with Gasteiger partial charge in [0.15, 0.2) is 5.65 Å². The quantitative estimate of drug-likeness (QED) is 0.274. The molecule has 0 radical (unpaired) electrons. The highest BCUT2D eigenvalue weighted by molar-refractivity contribution is 6.40. The lowest BCUT2D eigenvalue weighted by atomic mass is 10.1. The van der Waals surface area contributed by atoms with Gasteiger partial charge in [-0.2, -0.15) is 5.10 Å². The Morgan fingerprint density at radius 2 is 1.80 bits per heavy atom. The summed E-state index contributed by atoms with van der Waals surface area (Å²) in [6.07, 6.45) is 1.40. The number of halogens is 3. The van der Waals surface area contributed by atoms with Crippen LogP contribution in [0.2, 0.25) is 15.1 Å². The first-order chi connectivity index (χ1) is 19.2. The maximum atomic E-state index is 13.3. The smallest absolute Gasteiger partial charge is 0.262 e. The third-order valence-electron chi connectivity index (χ3n) is 6.76. The summed E-state index contributed by atoms with van der Waals surface area (Å²) in [7, 11) is 0. The van der Waals surface area contributed by atoms with Crippen molar-refractivity contribution in [3.63, 3.8) is 0 Å². The number of nitrogens with one attached hydrogen (secondary N) is 3. The molecule has 210 valence electrons. The molecule has 1 fully saturated rings. The van der Waals surface area contributed by atoms with Crippen LogP contribution in [0.1, 0.15) is 43.3 Å². The van der Waals surface area contributed by atoms with E-state index in [1.807, 2.05) is 38.1 Å². The molecule has 0 bridgehead atoms. The lowest BCUT2D eigenvalue weighted by Gasteiger charge is -2.18. The van der Waals surface area contributed by atoms with Crippen molar-refractivity contribution >= 4 is 57.4 Å². The van der Waals surface area contributed by atoms with Gasteiger partial charge in [0.1, 0.15) is 16.9 Å². The highest BCUT2D eigenvalue weighted by Gasteiger charge is 2.23. The Bertz CT molecular complexity index is 1570. The Morgan fingerprint density at radius 1 is 1.07 bits per heavy atom. The van der Waals surface area contributed by atoms with Crippen molar-refractivity contribution < 1.29 is 4.79 Å². The molecule has 40 heavy (non-hydrogen) atoms. The third kappa shape index (κ3) is 6.34. The lowest BCUT2D eigenvalue weighted by Crippen LogP contribution is -2.35. The standard InChI is InChI=1S/C28H30Cl3N7O2/c1-16(2)25-24-27(38(36-25)26-20(30)13-18(29)14-21(26)31)34-22(35-28(24)40)12-17-4-6-19(7-5-17)33-23(39)15-37-10-3-8-32-9-11-37/h4-7,13-14,16,32H,3,8-12,15H2,1-2H3,(H,33,39)(H,34,35,40). The molecule has 1 aliphatic rings. The molecular weight excluding hydrogens is 573 g/mol. The zero-order valence-electron chi connectivity index (χ0n) is 22.2. The first kappa shape index (κ1) is 28.6. The number of aromatic amines is 1. The number of hydrogen-bond acceptors (Lipinski definition) is 6. The minimum atomic E-state index is -0.288. The maximum Gasteiger partial charge on any atom is 0.262 e. The number of rotatable bonds is 7. The largest absolute Gasteiger partial charge is 0.325 e. The number of hydrogen-bond donors (Lipinski definition) is 3. The molecule has 3 heterocycles. The molecule has 1 saturated heterocycles. The summed E-state index contributed by atoms with van der Waals surface area (Å²) in [6, 6.07) is 10.7. The number of carbonyl (C=O) groups excluding carboxylic acids is 1. The van der Waals surface area contributed by atoms with Crippen LogP contribution in [-0.4, -0.2) is 63.3 Å². The number of benzene rings is 2. The van der Waals surface area contributed by atoms with Crippen LogP contribution in [0.4, 0.5) is 5.69 Å². The number of aromatic nitrogens is 4. The van der Waals surface area contributed by atoms with Crippen LogP contribution >= 0.6 is 34.8 Å². The fourth-order valence-corrected chi connectivity index (χ4v) is 5.82. The molecule has 1 aliphatic heterocycles. The zero-order chi connectivity index (χ0) is 28.4. The fraction of sp³-hybridized carbons (Fsp3) is 0.357. The molecule has 2 aromatic heterocycles. The van der Waals surface area contributed by atoms with Crippen molar-refractivity contribution in [3.8, 4) is 5.69 Å². The van der Waals surface area contributed by atoms with Gasteiger partial charge in [-0.15, -0.1) is 0 Å². The summed E-state index contributed by atoms with van der Waals surface area (Å²) < 4.78 is 1.52. The molecule has 1 amide bonds. The topological polar surface area (TPSA) is 108 Å². The zero-order valence-corrected chi connectivity index (χ0v) is 24.5. The highest BCUT2D eigenvalue weighted by atomic mass is 35.5. The normalized spacial score (nSPS) is 14.6. The fourth-order valence-electron chi connectivity index (χ4n) is 4.84. The molecule has 2 aromatic carbocycles. The molecule has 0 aliphatic carbocycles.